The smallest absolute Gasteiger partial charge is 0.251 e. The molecule has 0 bridgehead atoms. The third-order valence-corrected chi connectivity index (χ3v) is 5.64. The van der Waals surface area contributed by atoms with Gasteiger partial charge in [0.05, 0.1) is 19.3 Å². The first-order chi connectivity index (χ1) is 15.0. The summed E-state index contributed by atoms with van der Waals surface area (Å²) >= 11 is 0. The van der Waals surface area contributed by atoms with E-state index in [2.05, 4.69) is 39.4 Å². The molecule has 1 atom stereocenters. The molecule has 0 saturated carbocycles. The standard InChI is InChI=1S/C25H35N3O3/c1-5-30-23-14-11-20(17-24(23)31-6-2)25(29)26-18-22(28-15-7-8-16-28)19-9-12-21(13-10-19)27(3)4/h9-14,17,22H,5-8,15-16,18H2,1-4H3,(H,26,29)/t22-/m0/s1. The van der Waals surface area contributed by atoms with Gasteiger partial charge in [0, 0.05) is 31.9 Å². The van der Waals surface area contributed by atoms with Gasteiger partial charge in [-0.1, -0.05) is 12.1 Å². The van der Waals surface area contributed by atoms with E-state index in [1.807, 2.05) is 27.9 Å². The highest BCUT2D eigenvalue weighted by molar-refractivity contribution is 5.94. The van der Waals surface area contributed by atoms with Crippen molar-refractivity contribution in [3.63, 3.8) is 0 Å². The summed E-state index contributed by atoms with van der Waals surface area (Å²) in [4.78, 5) is 17.5. The quantitative estimate of drug-likeness (QED) is 0.621. The van der Waals surface area contributed by atoms with Gasteiger partial charge in [0.25, 0.3) is 5.91 Å². The molecule has 3 rings (SSSR count). The first kappa shape index (κ1) is 22.9. The molecule has 0 aliphatic carbocycles. The van der Waals surface area contributed by atoms with Crippen molar-refractivity contribution in [1.82, 2.24) is 10.2 Å². The molecule has 1 N–H and O–H groups in total. The normalized spacial score (nSPS) is 14.8. The maximum Gasteiger partial charge on any atom is 0.251 e. The summed E-state index contributed by atoms with van der Waals surface area (Å²) in [5, 5.41) is 3.15. The number of rotatable bonds is 10. The molecular weight excluding hydrogens is 390 g/mol. The van der Waals surface area contributed by atoms with Gasteiger partial charge in [0.15, 0.2) is 11.5 Å². The number of carbonyl (C=O) groups is 1. The van der Waals surface area contributed by atoms with Gasteiger partial charge in [-0.2, -0.15) is 0 Å². The molecule has 6 nitrogen and oxygen atoms in total. The van der Waals surface area contributed by atoms with Crippen LogP contribution >= 0.6 is 0 Å². The van der Waals surface area contributed by atoms with Crippen LogP contribution in [-0.2, 0) is 0 Å². The Morgan fingerprint density at radius 2 is 1.65 bits per heavy atom. The molecule has 168 valence electrons. The van der Waals surface area contributed by atoms with Gasteiger partial charge in [-0.3, -0.25) is 9.69 Å². The van der Waals surface area contributed by atoms with Crippen LogP contribution in [0.5, 0.6) is 11.5 Å². The Morgan fingerprint density at radius 3 is 2.26 bits per heavy atom. The van der Waals surface area contributed by atoms with E-state index in [1.165, 1.54) is 24.1 Å². The number of ether oxygens (including phenoxy) is 2. The molecule has 31 heavy (non-hydrogen) atoms. The highest BCUT2D eigenvalue weighted by Gasteiger charge is 2.24. The van der Waals surface area contributed by atoms with Gasteiger partial charge < -0.3 is 19.7 Å². The van der Waals surface area contributed by atoms with E-state index in [0.717, 1.165) is 13.1 Å². The number of carbonyl (C=O) groups excluding carboxylic acids is 1. The largest absolute Gasteiger partial charge is 0.490 e. The molecular formula is C25H35N3O3. The van der Waals surface area contributed by atoms with E-state index in [4.69, 9.17) is 9.47 Å². The molecule has 6 heteroatoms. The van der Waals surface area contributed by atoms with E-state index in [9.17, 15) is 4.79 Å². The first-order valence-electron chi connectivity index (χ1n) is 11.2. The summed E-state index contributed by atoms with van der Waals surface area (Å²) in [5.74, 6) is 1.17. The zero-order valence-electron chi connectivity index (χ0n) is 19.2. The number of nitrogens with zero attached hydrogens (tertiary/aromatic N) is 2. The molecule has 2 aromatic rings. The Balaban J connectivity index is 1.73. The molecule has 1 amide bonds. The summed E-state index contributed by atoms with van der Waals surface area (Å²) in [7, 11) is 4.08. The van der Waals surface area contributed by atoms with Crippen LogP contribution in [0.25, 0.3) is 0 Å². The Labute approximate surface area is 186 Å². The fourth-order valence-corrected chi connectivity index (χ4v) is 3.99. The zero-order valence-corrected chi connectivity index (χ0v) is 19.2. The fourth-order valence-electron chi connectivity index (χ4n) is 3.99. The predicted molar refractivity (Wildman–Crippen MR) is 125 cm³/mol. The molecule has 0 aromatic heterocycles. The van der Waals surface area contributed by atoms with Crippen LogP contribution in [0.15, 0.2) is 42.5 Å². The second kappa shape index (κ2) is 11.0. The monoisotopic (exact) mass is 425 g/mol. The summed E-state index contributed by atoms with van der Waals surface area (Å²) in [6.07, 6.45) is 2.41. The van der Waals surface area contributed by atoms with Crippen molar-refractivity contribution in [1.29, 1.82) is 0 Å². The van der Waals surface area contributed by atoms with Crippen LogP contribution in [0.2, 0.25) is 0 Å². The van der Waals surface area contributed by atoms with E-state index in [1.54, 1.807) is 18.2 Å². The lowest BCUT2D eigenvalue weighted by Gasteiger charge is -2.28. The Hall–Kier alpha value is -2.73. The number of nitrogens with one attached hydrogen (secondary N) is 1. The number of amides is 1. The molecule has 1 aliphatic rings. The first-order valence-corrected chi connectivity index (χ1v) is 11.2. The Bertz CT molecular complexity index is 846. The summed E-state index contributed by atoms with van der Waals surface area (Å²) in [5.41, 5.74) is 2.98. The van der Waals surface area contributed by atoms with E-state index >= 15 is 0 Å². The molecule has 1 saturated heterocycles. The van der Waals surface area contributed by atoms with Crippen LogP contribution in [0.1, 0.15) is 48.7 Å². The second-order valence-corrected chi connectivity index (χ2v) is 7.98. The minimum atomic E-state index is -0.0990. The lowest BCUT2D eigenvalue weighted by molar-refractivity contribution is 0.0937. The van der Waals surface area contributed by atoms with Crippen LogP contribution in [-0.4, -0.2) is 57.8 Å². The highest BCUT2D eigenvalue weighted by atomic mass is 16.5. The summed E-state index contributed by atoms with van der Waals surface area (Å²) in [6, 6.07) is 14.2. The maximum absolute atomic E-state index is 12.9. The molecule has 0 unspecified atom stereocenters. The average Bonchev–Trinajstić information content (AvgIpc) is 3.30. The molecule has 0 radical (unpaired) electrons. The summed E-state index contributed by atoms with van der Waals surface area (Å²) < 4.78 is 11.3. The SMILES string of the molecule is CCOc1ccc(C(=O)NC[C@@H](c2ccc(N(C)C)cc2)N2CCCC2)cc1OCC. The van der Waals surface area contributed by atoms with E-state index in [0.29, 0.717) is 36.8 Å². The Morgan fingerprint density at radius 1 is 1.00 bits per heavy atom. The van der Waals surface area contributed by atoms with Gasteiger partial charge >= 0.3 is 0 Å². The molecule has 2 aromatic carbocycles. The van der Waals surface area contributed by atoms with Crippen molar-refractivity contribution < 1.29 is 14.3 Å². The third kappa shape index (κ3) is 5.91. The minimum absolute atomic E-state index is 0.0990. The lowest BCUT2D eigenvalue weighted by atomic mass is 10.0. The third-order valence-electron chi connectivity index (χ3n) is 5.64. The number of benzene rings is 2. The van der Waals surface area contributed by atoms with Crippen molar-refractivity contribution in [3.8, 4) is 11.5 Å². The van der Waals surface area contributed by atoms with Crippen LogP contribution in [0.3, 0.4) is 0 Å². The van der Waals surface area contributed by atoms with Crippen molar-refractivity contribution in [3.05, 3.63) is 53.6 Å². The van der Waals surface area contributed by atoms with Crippen LogP contribution < -0.4 is 19.7 Å². The number of hydrogen-bond donors (Lipinski definition) is 1. The van der Waals surface area contributed by atoms with Gasteiger partial charge in [-0.15, -0.1) is 0 Å². The zero-order chi connectivity index (χ0) is 22.2. The minimum Gasteiger partial charge on any atom is -0.490 e. The highest BCUT2D eigenvalue weighted by Crippen LogP contribution is 2.29. The van der Waals surface area contributed by atoms with Gasteiger partial charge in [-0.05, 0) is 75.7 Å². The van der Waals surface area contributed by atoms with Crippen molar-refractivity contribution in [2.75, 3.05) is 51.8 Å². The van der Waals surface area contributed by atoms with Crippen molar-refractivity contribution >= 4 is 11.6 Å². The van der Waals surface area contributed by atoms with Gasteiger partial charge in [0.2, 0.25) is 0 Å². The fraction of sp³-hybridized carbons (Fsp3) is 0.480. The number of likely N-dealkylation sites (tertiary alicyclic amines) is 1. The van der Waals surface area contributed by atoms with E-state index < -0.39 is 0 Å². The average molecular weight is 426 g/mol. The molecule has 0 spiro atoms. The van der Waals surface area contributed by atoms with Crippen molar-refractivity contribution in [2.24, 2.45) is 0 Å². The number of anilines is 1. The van der Waals surface area contributed by atoms with Crippen LogP contribution in [0, 0.1) is 0 Å². The van der Waals surface area contributed by atoms with E-state index in [-0.39, 0.29) is 11.9 Å². The molecule has 1 heterocycles. The number of hydrogen-bond acceptors (Lipinski definition) is 5. The Kier molecular flexibility index (Phi) is 8.18. The second-order valence-electron chi connectivity index (χ2n) is 7.98. The van der Waals surface area contributed by atoms with Crippen molar-refractivity contribution in [2.45, 2.75) is 32.7 Å². The topological polar surface area (TPSA) is 54.0 Å². The lowest BCUT2D eigenvalue weighted by Crippen LogP contribution is -2.36. The predicted octanol–water partition coefficient (Wildman–Crippen LogP) is 4.12. The van der Waals surface area contributed by atoms with Gasteiger partial charge in [0.1, 0.15) is 0 Å². The van der Waals surface area contributed by atoms with Crippen LogP contribution in [0.4, 0.5) is 5.69 Å². The maximum atomic E-state index is 12.9. The van der Waals surface area contributed by atoms with Gasteiger partial charge in [-0.25, -0.2) is 0 Å². The summed E-state index contributed by atoms with van der Waals surface area (Å²) in [6.45, 7) is 7.61. The molecule has 1 fully saturated rings. The molecule has 1 aliphatic heterocycles.